The van der Waals surface area contributed by atoms with Gasteiger partial charge >= 0.3 is 0 Å². The van der Waals surface area contributed by atoms with E-state index in [0.717, 1.165) is 6.07 Å². The lowest BCUT2D eigenvalue weighted by molar-refractivity contribution is -0.384. The van der Waals surface area contributed by atoms with Gasteiger partial charge < -0.3 is 5.32 Å². The van der Waals surface area contributed by atoms with Crippen molar-refractivity contribution in [1.82, 2.24) is 5.32 Å². The first kappa shape index (κ1) is 19.5. The van der Waals surface area contributed by atoms with Crippen molar-refractivity contribution in [1.29, 1.82) is 0 Å². The molecule has 2 rings (SSSR count). The summed E-state index contributed by atoms with van der Waals surface area (Å²) >= 11 is 13.3. The first-order chi connectivity index (χ1) is 11.9. The normalized spacial score (nSPS) is 10.5. The molecular formula is C16H13Cl2FN2O3S. The van der Waals surface area contributed by atoms with Crippen LogP contribution in [0.2, 0.25) is 10.0 Å². The largest absolute Gasteiger partial charge is 0.351 e. The molecule has 0 aliphatic carbocycles. The number of carbonyl (C=O) groups is 1. The summed E-state index contributed by atoms with van der Waals surface area (Å²) in [5.74, 6) is 0.145. The van der Waals surface area contributed by atoms with Crippen LogP contribution in [0.15, 0.2) is 36.4 Å². The Hall–Kier alpha value is -1.83. The molecule has 132 valence electrons. The second-order valence-corrected chi connectivity index (χ2v) is 6.85. The number of nitro groups is 1. The molecular weight excluding hydrogens is 390 g/mol. The van der Waals surface area contributed by atoms with Crippen LogP contribution in [0, 0.1) is 15.9 Å². The number of hydrogen-bond donors (Lipinski definition) is 1. The van der Waals surface area contributed by atoms with E-state index in [1.165, 1.54) is 30.0 Å². The van der Waals surface area contributed by atoms with E-state index < -0.39 is 10.8 Å². The number of hydrogen-bond acceptors (Lipinski definition) is 4. The Kier molecular flexibility index (Phi) is 7.04. The summed E-state index contributed by atoms with van der Waals surface area (Å²) in [6.07, 6.45) is 0. The molecule has 0 saturated heterocycles. The summed E-state index contributed by atoms with van der Waals surface area (Å²) in [7, 11) is 0. The maximum atomic E-state index is 13.6. The van der Waals surface area contributed by atoms with Gasteiger partial charge in [0.1, 0.15) is 5.82 Å². The number of amides is 1. The van der Waals surface area contributed by atoms with Crippen molar-refractivity contribution < 1.29 is 14.1 Å². The molecule has 2 aromatic carbocycles. The fourth-order valence-electron chi connectivity index (χ4n) is 1.98. The minimum atomic E-state index is -0.585. The van der Waals surface area contributed by atoms with Gasteiger partial charge in [-0.3, -0.25) is 14.9 Å². The zero-order valence-corrected chi connectivity index (χ0v) is 15.1. The molecule has 0 radical (unpaired) electrons. The topological polar surface area (TPSA) is 72.2 Å². The molecule has 0 aliphatic heterocycles. The van der Waals surface area contributed by atoms with Gasteiger partial charge in [-0.25, -0.2) is 4.39 Å². The molecule has 0 heterocycles. The number of non-ortho nitro benzene ring substituents is 1. The fraction of sp³-hybridized carbons (Fsp3) is 0.188. The minimum Gasteiger partial charge on any atom is -0.351 e. The molecule has 0 bridgehead atoms. The van der Waals surface area contributed by atoms with Crippen molar-refractivity contribution in [3.8, 4) is 0 Å². The molecule has 0 saturated carbocycles. The summed E-state index contributed by atoms with van der Waals surface area (Å²) in [4.78, 5) is 22.1. The fourth-order valence-corrected chi connectivity index (χ4v) is 3.44. The lowest BCUT2D eigenvalue weighted by Gasteiger charge is -2.08. The standard InChI is InChI=1S/C16H13Cl2FN2O3S/c17-13-2-1-3-15(19)12(13)9-25-7-6-20-16(22)11-5-4-10(21(23)24)8-14(11)18/h1-5,8H,6-7,9H2,(H,20,22). The van der Waals surface area contributed by atoms with Crippen molar-refractivity contribution in [3.05, 3.63) is 73.5 Å². The highest BCUT2D eigenvalue weighted by molar-refractivity contribution is 7.98. The van der Waals surface area contributed by atoms with Crippen LogP contribution in [0.3, 0.4) is 0 Å². The Bertz CT molecular complexity index is 785. The van der Waals surface area contributed by atoms with Gasteiger partial charge in [-0.1, -0.05) is 29.3 Å². The number of nitrogens with zero attached hydrogens (tertiary/aromatic N) is 1. The van der Waals surface area contributed by atoms with Crippen LogP contribution in [0.1, 0.15) is 15.9 Å². The lowest BCUT2D eigenvalue weighted by Crippen LogP contribution is -2.26. The van der Waals surface area contributed by atoms with E-state index in [1.54, 1.807) is 12.1 Å². The molecule has 0 aliphatic rings. The van der Waals surface area contributed by atoms with Gasteiger partial charge in [0.05, 0.1) is 15.5 Å². The summed E-state index contributed by atoms with van der Waals surface area (Å²) in [6, 6.07) is 8.17. The molecule has 5 nitrogen and oxygen atoms in total. The van der Waals surface area contributed by atoms with Crippen LogP contribution in [-0.2, 0) is 5.75 Å². The second-order valence-electron chi connectivity index (χ2n) is 4.93. The number of rotatable bonds is 7. The number of halogens is 3. The van der Waals surface area contributed by atoms with Crippen molar-refractivity contribution >= 4 is 46.6 Å². The van der Waals surface area contributed by atoms with Crippen molar-refractivity contribution in [3.63, 3.8) is 0 Å². The van der Waals surface area contributed by atoms with Crippen LogP contribution < -0.4 is 5.32 Å². The van der Waals surface area contributed by atoms with Gasteiger partial charge in [0.25, 0.3) is 11.6 Å². The van der Waals surface area contributed by atoms with Gasteiger partial charge in [-0.15, -0.1) is 0 Å². The Balaban J connectivity index is 1.82. The Morgan fingerprint density at radius 3 is 2.64 bits per heavy atom. The first-order valence-electron chi connectivity index (χ1n) is 7.13. The highest BCUT2D eigenvalue weighted by atomic mass is 35.5. The van der Waals surface area contributed by atoms with E-state index in [2.05, 4.69) is 5.32 Å². The first-order valence-corrected chi connectivity index (χ1v) is 9.04. The van der Waals surface area contributed by atoms with Crippen LogP contribution in [-0.4, -0.2) is 23.1 Å². The van der Waals surface area contributed by atoms with E-state index in [1.807, 2.05) is 0 Å². The number of thioether (sulfide) groups is 1. The van der Waals surface area contributed by atoms with Gasteiger partial charge in [0.2, 0.25) is 0 Å². The predicted molar refractivity (Wildman–Crippen MR) is 98.0 cm³/mol. The third-order valence-corrected chi connectivity index (χ3v) is 4.90. The van der Waals surface area contributed by atoms with Crippen LogP contribution >= 0.6 is 35.0 Å². The molecule has 9 heteroatoms. The summed E-state index contributed by atoms with van der Waals surface area (Å²) in [5.41, 5.74) is 0.409. The third-order valence-electron chi connectivity index (χ3n) is 3.25. The third kappa shape index (κ3) is 5.32. The molecule has 1 N–H and O–H groups in total. The van der Waals surface area contributed by atoms with Crippen molar-refractivity contribution in [2.24, 2.45) is 0 Å². The van der Waals surface area contributed by atoms with E-state index in [0.29, 0.717) is 28.6 Å². The molecule has 0 atom stereocenters. The van der Waals surface area contributed by atoms with Crippen LogP contribution in [0.25, 0.3) is 0 Å². The zero-order valence-electron chi connectivity index (χ0n) is 12.8. The smallest absolute Gasteiger partial charge is 0.270 e. The minimum absolute atomic E-state index is 0.0116. The quantitative estimate of drug-likeness (QED) is 0.413. The Labute approximate surface area is 157 Å². The average Bonchev–Trinajstić information content (AvgIpc) is 2.56. The molecule has 1 amide bonds. The summed E-state index contributed by atoms with van der Waals surface area (Å²) in [5, 5.41) is 13.7. The van der Waals surface area contributed by atoms with Gasteiger partial charge in [-0.2, -0.15) is 11.8 Å². The highest BCUT2D eigenvalue weighted by Crippen LogP contribution is 2.24. The molecule has 2 aromatic rings. The molecule has 0 aromatic heterocycles. The van der Waals surface area contributed by atoms with Crippen molar-refractivity contribution in [2.75, 3.05) is 12.3 Å². The lowest BCUT2D eigenvalue weighted by atomic mass is 10.2. The van der Waals surface area contributed by atoms with Gasteiger partial charge in [-0.05, 0) is 18.2 Å². The number of nitro benzene ring substituents is 1. The SMILES string of the molecule is O=C(NCCSCc1c(F)cccc1Cl)c1ccc([N+](=O)[O-])cc1Cl. The Morgan fingerprint density at radius 1 is 1.24 bits per heavy atom. The van der Waals surface area contributed by atoms with E-state index in [4.69, 9.17) is 23.2 Å². The van der Waals surface area contributed by atoms with E-state index in [-0.39, 0.29) is 22.1 Å². The summed E-state index contributed by atoms with van der Waals surface area (Å²) < 4.78 is 13.6. The van der Waals surface area contributed by atoms with E-state index in [9.17, 15) is 19.3 Å². The number of carbonyl (C=O) groups excluding carboxylic acids is 1. The van der Waals surface area contributed by atoms with Crippen LogP contribution in [0.5, 0.6) is 0 Å². The Morgan fingerprint density at radius 2 is 2.00 bits per heavy atom. The highest BCUT2D eigenvalue weighted by Gasteiger charge is 2.14. The molecule has 0 fully saturated rings. The van der Waals surface area contributed by atoms with E-state index >= 15 is 0 Å². The average molecular weight is 403 g/mol. The predicted octanol–water partition coefficient (Wildman–Crippen LogP) is 4.70. The summed E-state index contributed by atoms with van der Waals surface area (Å²) in [6.45, 7) is 0.336. The maximum absolute atomic E-state index is 13.6. The monoisotopic (exact) mass is 402 g/mol. The number of nitrogens with one attached hydrogen (secondary N) is 1. The zero-order chi connectivity index (χ0) is 18.4. The van der Waals surface area contributed by atoms with Crippen molar-refractivity contribution in [2.45, 2.75) is 5.75 Å². The maximum Gasteiger partial charge on any atom is 0.270 e. The second kappa shape index (κ2) is 9.03. The molecule has 25 heavy (non-hydrogen) atoms. The van der Waals surface area contributed by atoms with Gasteiger partial charge in [0, 0.05) is 40.8 Å². The molecule has 0 unspecified atom stereocenters. The van der Waals surface area contributed by atoms with Gasteiger partial charge in [0.15, 0.2) is 0 Å². The van der Waals surface area contributed by atoms with Crippen LogP contribution in [0.4, 0.5) is 10.1 Å². The molecule has 0 spiro atoms. The number of benzene rings is 2.